The Labute approximate surface area is 269 Å². The first-order valence-corrected chi connectivity index (χ1v) is 15.7. The summed E-state index contributed by atoms with van der Waals surface area (Å²) in [6.07, 6.45) is 4.16. The van der Waals surface area contributed by atoms with Crippen LogP contribution in [0.15, 0.2) is 60.9 Å². The van der Waals surface area contributed by atoms with Crippen LogP contribution in [0.4, 0.5) is 4.79 Å². The number of hydrogen-bond donors (Lipinski definition) is 2. The molecule has 5 rings (SSSR count). The average Bonchev–Trinajstić information content (AvgIpc) is 3.61. The Morgan fingerprint density at radius 2 is 1.46 bits per heavy atom. The number of rotatable bonds is 10. The number of hydrogen-bond acceptors (Lipinski definition) is 6. The van der Waals surface area contributed by atoms with Crippen LogP contribution in [0.3, 0.4) is 0 Å². The largest absolute Gasteiger partial charge is 0.444 e. The summed E-state index contributed by atoms with van der Waals surface area (Å²) in [5.74, 6) is -1.28. The van der Waals surface area contributed by atoms with Gasteiger partial charge in [-0.05, 0) is 72.3 Å². The van der Waals surface area contributed by atoms with Gasteiger partial charge in [-0.3, -0.25) is 24.3 Å². The monoisotopic (exact) mass is 625 g/mol. The van der Waals surface area contributed by atoms with Crippen LogP contribution in [0.25, 0.3) is 33.0 Å². The van der Waals surface area contributed by atoms with Gasteiger partial charge in [-0.1, -0.05) is 50.2 Å². The first-order chi connectivity index (χ1) is 21.7. The summed E-state index contributed by atoms with van der Waals surface area (Å²) in [6.45, 7) is 10.9. The van der Waals surface area contributed by atoms with Crippen LogP contribution < -0.4 is 10.6 Å². The zero-order valence-electron chi connectivity index (χ0n) is 27.6. The normalized spacial score (nSPS) is 14.5. The molecule has 4 aromatic rings. The highest BCUT2D eigenvalue weighted by molar-refractivity contribution is 6.50. The minimum absolute atomic E-state index is 0.0905. The molecule has 10 heteroatoms. The molecule has 0 unspecified atom stereocenters. The fourth-order valence-corrected chi connectivity index (χ4v) is 6.03. The zero-order valence-corrected chi connectivity index (χ0v) is 27.6. The van der Waals surface area contributed by atoms with E-state index in [0.717, 1.165) is 30.4 Å². The number of nitrogens with one attached hydrogen (secondary N) is 2. The number of benzene rings is 2. The molecule has 2 aromatic carbocycles. The number of amides is 3. The van der Waals surface area contributed by atoms with Gasteiger partial charge in [0.2, 0.25) is 0 Å². The van der Waals surface area contributed by atoms with Crippen molar-refractivity contribution in [1.29, 1.82) is 0 Å². The molecule has 0 saturated heterocycles. The van der Waals surface area contributed by atoms with E-state index in [9.17, 15) is 19.2 Å². The molecular formula is C36H43N5O5. The van der Waals surface area contributed by atoms with E-state index < -0.39 is 29.6 Å². The number of para-hydroxylation sites is 2. The molecule has 0 saturated carbocycles. The minimum atomic E-state index is -0.883. The molecule has 10 nitrogen and oxygen atoms in total. The fourth-order valence-electron chi connectivity index (χ4n) is 6.03. The predicted molar refractivity (Wildman–Crippen MR) is 180 cm³/mol. The zero-order chi connectivity index (χ0) is 33.3. The van der Waals surface area contributed by atoms with Gasteiger partial charge >= 0.3 is 6.09 Å². The van der Waals surface area contributed by atoms with Crippen LogP contribution in [0.5, 0.6) is 0 Å². The lowest BCUT2D eigenvalue weighted by Gasteiger charge is -2.24. The third-order valence-corrected chi connectivity index (χ3v) is 7.91. The van der Waals surface area contributed by atoms with Crippen molar-refractivity contribution in [3.05, 3.63) is 72.1 Å². The smallest absolute Gasteiger partial charge is 0.408 e. The fraction of sp³-hybridized carbons (Fsp3) is 0.389. The van der Waals surface area contributed by atoms with Crippen molar-refractivity contribution in [3.8, 4) is 0 Å². The van der Waals surface area contributed by atoms with Gasteiger partial charge in [0, 0.05) is 46.4 Å². The number of nitrogens with zero attached hydrogens (tertiary/aromatic N) is 3. The third kappa shape index (κ3) is 6.77. The van der Waals surface area contributed by atoms with Crippen molar-refractivity contribution in [3.63, 3.8) is 0 Å². The Hall–Kier alpha value is -4.70. The summed E-state index contributed by atoms with van der Waals surface area (Å²) in [6, 6.07) is 14.2. The van der Waals surface area contributed by atoms with E-state index >= 15 is 0 Å². The third-order valence-electron chi connectivity index (χ3n) is 7.91. The first kappa shape index (κ1) is 32.7. The van der Waals surface area contributed by atoms with Gasteiger partial charge in [0.15, 0.2) is 0 Å². The highest BCUT2D eigenvalue weighted by Gasteiger charge is 2.36. The van der Waals surface area contributed by atoms with Crippen molar-refractivity contribution in [1.82, 2.24) is 24.7 Å². The first-order valence-electron chi connectivity index (χ1n) is 15.7. The molecule has 1 aliphatic rings. The summed E-state index contributed by atoms with van der Waals surface area (Å²) in [7, 11) is 4.06. The van der Waals surface area contributed by atoms with E-state index in [2.05, 4.69) is 20.1 Å². The lowest BCUT2D eigenvalue weighted by Crippen LogP contribution is -2.45. The highest BCUT2D eigenvalue weighted by Crippen LogP contribution is 2.39. The van der Waals surface area contributed by atoms with Crippen LogP contribution in [-0.2, 0) is 20.9 Å². The second-order valence-electron chi connectivity index (χ2n) is 13.5. The summed E-state index contributed by atoms with van der Waals surface area (Å²) >= 11 is 0. The van der Waals surface area contributed by atoms with Crippen molar-refractivity contribution >= 4 is 56.8 Å². The molecule has 0 radical (unpaired) electrons. The van der Waals surface area contributed by atoms with Gasteiger partial charge in [0.1, 0.15) is 11.6 Å². The summed E-state index contributed by atoms with van der Waals surface area (Å²) in [5.41, 5.74) is 2.41. The number of ether oxygens (including phenoxy) is 1. The molecule has 0 aliphatic carbocycles. The van der Waals surface area contributed by atoms with E-state index in [1.54, 1.807) is 33.0 Å². The molecule has 3 heterocycles. The lowest BCUT2D eigenvalue weighted by atomic mass is 9.95. The SMILES string of the molecule is CC(C)C[C@H](NC(=O)OC(C)(C)C)C(=O)n1cc(C2=C(c3cn(CCCN(C)C)c4ccccc34)C(=O)NC2=O)c2ccccc21. The second kappa shape index (κ2) is 13.0. The molecule has 0 spiro atoms. The van der Waals surface area contributed by atoms with E-state index in [1.807, 2.05) is 76.6 Å². The van der Waals surface area contributed by atoms with Crippen LogP contribution in [0.1, 0.15) is 63.4 Å². The Bertz CT molecular complexity index is 1850. The molecule has 2 aromatic heterocycles. The van der Waals surface area contributed by atoms with E-state index in [-0.39, 0.29) is 23.0 Å². The van der Waals surface area contributed by atoms with Crippen LogP contribution >= 0.6 is 0 Å². The summed E-state index contributed by atoms with van der Waals surface area (Å²) in [5, 5.41) is 6.78. The number of aryl methyl sites for hydroxylation is 1. The topological polar surface area (TPSA) is 115 Å². The van der Waals surface area contributed by atoms with Gasteiger partial charge in [-0.2, -0.15) is 0 Å². The van der Waals surface area contributed by atoms with Crippen molar-refractivity contribution < 1.29 is 23.9 Å². The lowest BCUT2D eigenvalue weighted by molar-refractivity contribution is -0.122. The molecule has 2 N–H and O–H groups in total. The maximum absolute atomic E-state index is 14.1. The van der Waals surface area contributed by atoms with E-state index in [1.165, 1.54) is 4.57 Å². The maximum Gasteiger partial charge on any atom is 0.408 e. The average molecular weight is 626 g/mol. The Kier molecular flexibility index (Phi) is 9.21. The number of alkyl carbamates (subject to hydrolysis) is 1. The number of carbonyl (C=O) groups is 4. The summed E-state index contributed by atoms with van der Waals surface area (Å²) < 4.78 is 9.06. The van der Waals surface area contributed by atoms with Gasteiger partial charge in [0.25, 0.3) is 17.7 Å². The number of imide groups is 1. The highest BCUT2D eigenvalue weighted by atomic mass is 16.6. The summed E-state index contributed by atoms with van der Waals surface area (Å²) in [4.78, 5) is 56.1. The van der Waals surface area contributed by atoms with Crippen molar-refractivity contribution in [2.75, 3.05) is 20.6 Å². The molecule has 242 valence electrons. The van der Waals surface area contributed by atoms with Crippen molar-refractivity contribution in [2.24, 2.45) is 5.92 Å². The molecule has 0 bridgehead atoms. The number of carbonyl (C=O) groups excluding carboxylic acids is 4. The van der Waals surface area contributed by atoms with Gasteiger partial charge in [-0.15, -0.1) is 0 Å². The van der Waals surface area contributed by atoms with Gasteiger partial charge in [0.05, 0.1) is 16.7 Å². The predicted octanol–water partition coefficient (Wildman–Crippen LogP) is 5.69. The van der Waals surface area contributed by atoms with E-state index in [0.29, 0.717) is 28.5 Å². The van der Waals surface area contributed by atoms with Crippen LogP contribution in [0, 0.1) is 5.92 Å². The Morgan fingerprint density at radius 3 is 2.04 bits per heavy atom. The standard InChI is InChI=1S/C36H43N5O5/c1-22(2)19-27(37-35(45)46-36(3,4)5)34(44)41-21-26(24-14-9-11-16-29(24)41)31-30(32(42)38-33(31)43)25-20-40(18-12-17-39(6)7)28-15-10-8-13-23(25)28/h8-11,13-16,20-22,27H,12,17-19H2,1-7H3,(H,37,45)(H,38,42,43)/t27-/m0/s1. The quantitative estimate of drug-likeness (QED) is 0.219. The van der Waals surface area contributed by atoms with Crippen molar-refractivity contribution in [2.45, 2.75) is 65.6 Å². The Morgan fingerprint density at radius 1 is 0.891 bits per heavy atom. The van der Waals surface area contributed by atoms with E-state index in [4.69, 9.17) is 4.74 Å². The van der Waals surface area contributed by atoms with Gasteiger partial charge < -0.3 is 19.5 Å². The molecule has 1 aliphatic heterocycles. The molecule has 1 atom stereocenters. The second-order valence-corrected chi connectivity index (χ2v) is 13.5. The molecular weight excluding hydrogens is 582 g/mol. The molecule has 3 amide bonds. The number of aromatic nitrogens is 2. The van der Waals surface area contributed by atoms with Crippen LogP contribution in [0.2, 0.25) is 0 Å². The minimum Gasteiger partial charge on any atom is -0.444 e. The maximum atomic E-state index is 14.1. The molecule has 46 heavy (non-hydrogen) atoms. The van der Waals surface area contributed by atoms with Gasteiger partial charge in [-0.25, -0.2) is 4.79 Å². The van der Waals surface area contributed by atoms with Crippen LogP contribution in [-0.4, -0.2) is 70.1 Å². The Balaban J connectivity index is 1.64. The molecule has 0 fully saturated rings. The number of fused-ring (bicyclic) bond motifs is 2.